The summed E-state index contributed by atoms with van der Waals surface area (Å²) in [5.41, 5.74) is -3.05. The van der Waals surface area contributed by atoms with Gasteiger partial charge in [0.15, 0.2) is 11.2 Å². The van der Waals surface area contributed by atoms with Gasteiger partial charge in [0.2, 0.25) is 0 Å². The second kappa shape index (κ2) is 3.02. The van der Waals surface area contributed by atoms with E-state index in [2.05, 4.69) is 10.2 Å². The molecule has 0 spiro atoms. The molecule has 16 heavy (non-hydrogen) atoms. The van der Waals surface area contributed by atoms with Crippen LogP contribution in [0, 0.1) is 0 Å². The molecule has 2 aromatic rings. The van der Waals surface area contributed by atoms with Crippen LogP contribution in [0.25, 0.3) is 11.2 Å². The number of fused-ring (bicyclic) bond motifs is 1. The van der Waals surface area contributed by atoms with Gasteiger partial charge < -0.3 is 5.21 Å². The van der Waals surface area contributed by atoms with Crippen molar-refractivity contribution in [1.29, 1.82) is 0 Å². The van der Waals surface area contributed by atoms with Crippen molar-refractivity contribution in [2.45, 2.75) is 0 Å². The molecule has 2 rings (SSSR count). The molecule has 0 aliphatic heterocycles. The Morgan fingerprint density at radius 3 is 2.31 bits per heavy atom. The largest absolute Gasteiger partial charge is 0.423 e. The number of nitrogens with zero attached hydrogens (tertiary/aromatic N) is 5. The molecule has 0 aliphatic carbocycles. The molecular formula is C7H7N5O4. The number of aryl methyl sites for hydroxylation is 1. The van der Waals surface area contributed by atoms with E-state index in [4.69, 9.17) is 0 Å². The normalized spacial score (nSPS) is 10.9. The predicted octanol–water partition coefficient (Wildman–Crippen LogP) is -2.57. The van der Waals surface area contributed by atoms with Crippen LogP contribution in [-0.2, 0) is 14.1 Å². The summed E-state index contributed by atoms with van der Waals surface area (Å²) in [5.74, 6) is 0. The quantitative estimate of drug-likeness (QED) is 0.493. The van der Waals surface area contributed by atoms with Crippen LogP contribution in [0.4, 0.5) is 0 Å². The van der Waals surface area contributed by atoms with Gasteiger partial charge in [0.1, 0.15) is 0 Å². The van der Waals surface area contributed by atoms with E-state index in [9.17, 15) is 19.6 Å². The zero-order valence-electron chi connectivity index (χ0n) is 8.41. The Hall–Kier alpha value is -2.45. The third-order valence-corrected chi connectivity index (χ3v) is 2.23. The highest BCUT2D eigenvalue weighted by atomic mass is 16.5. The topological polar surface area (TPSA) is 112 Å². The third kappa shape index (κ3) is 1.08. The summed E-state index contributed by atoms with van der Waals surface area (Å²) in [6.45, 7) is 0. The van der Waals surface area contributed by atoms with Crippen LogP contribution in [0.1, 0.15) is 0 Å². The van der Waals surface area contributed by atoms with Gasteiger partial charge in [-0.25, -0.2) is 9.59 Å². The first kappa shape index (κ1) is 10.1. The van der Waals surface area contributed by atoms with Gasteiger partial charge in [0.25, 0.3) is 5.56 Å². The Morgan fingerprint density at radius 1 is 1.06 bits per heavy atom. The lowest BCUT2D eigenvalue weighted by Crippen LogP contribution is -2.40. The molecule has 84 valence electrons. The fraction of sp³-hybridized carbons (Fsp3) is 0.286. The van der Waals surface area contributed by atoms with Crippen molar-refractivity contribution in [3.8, 4) is 0 Å². The lowest BCUT2D eigenvalue weighted by Gasteiger charge is -2.06. The molecule has 0 amide bonds. The highest BCUT2D eigenvalue weighted by Crippen LogP contribution is 1.96. The van der Waals surface area contributed by atoms with Crippen LogP contribution in [0.2, 0.25) is 0 Å². The Kier molecular flexibility index (Phi) is 1.90. The molecule has 0 unspecified atom stereocenters. The third-order valence-electron chi connectivity index (χ3n) is 2.23. The maximum Gasteiger partial charge on any atom is 0.399 e. The summed E-state index contributed by atoms with van der Waals surface area (Å²) < 4.78 is 1.84. The molecule has 0 aliphatic rings. The van der Waals surface area contributed by atoms with E-state index >= 15 is 0 Å². The molecule has 0 radical (unpaired) electrons. The summed E-state index contributed by atoms with van der Waals surface area (Å²) >= 11 is 0. The average molecular weight is 225 g/mol. The van der Waals surface area contributed by atoms with E-state index in [0.29, 0.717) is 0 Å². The van der Waals surface area contributed by atoms with E-state index < -0.39 is 16.9 Å². The number of hydrogen-bond donors (Lipinski definition) is 1. The molecule has 0 bridgehead atoms. The fourth-order valence-corrected chi connectivity index (χ4v) is 1.34. The first-order valence-corrected chi connectivity index (χ1v) is 4.20. The van der Waals surface area contributed by atoms with E-state index in [0.717, 1.165) is 9.13 Å². The van der Waals surface area contributed by atoms with E-state index in [-0.39, 0.29) is 15.9 Å². The molecular weight excluding hydrogens is 218 g/mol. The van der Waals surface area contributed by atoms with Gasteiger partial charge in [0, 0.05) is 14.1 Å². The van der Waals surface area contributed by atoms with E-state index in [1.54, 1.807) is 0 Å². The highest BCUT2D eigenvalue weighted by molar-refractivity contribution is 5.67. The van der Waals surface area contributed by atoms with E-state index in [1.807, 2.05) is 0 Å². The van der Waals surface area contributed by atoms with Gasteiger partial charge in [-0.2, -0.15) is 0 Å². The second-order valence-electron chi connectivity index (χ2n) is 3.17. The Morgan fingerprint density at radius 2 is 1.69 bits per heavy atom. The first-order valence-electron chi connectivity index (χ1n) is 4.20. The second-order valence-corrected chi connectivity index (χ2v) is 3.17. The van der Waals surface area contributed by atoms with Gasteiger partial charge in [-0.15, -0.1) is 9.83 Å². The Bertz CT molecular complexity index is 752. The van der Waals surface area contributed by atoms with Crippen molar-refractivity contribution in [3.63, 3.8) is 0 Å². The van der Waals surface area contributed by atoms with Crippen LogP contribution in [-0.4, -0.2) is 29.3 Å². The molecule has 0 saturated carbocycles. The van der Waals surface area contributed by atoms with Crippen LogP contribution in [0.15, 0.2) is 14.4 Å². The molecule has 0 fully saturated rings. The van der Waals surface area contributed by atoms with Crippen molar-refractivity contribution in [2.75, 3.05) is 0 Å². The smallest absolute Gasteiger partial charge is 0.399 e. The first-order chi connectivity index (χ1) is 7.45. The maximum atomic E-state index is 11.6. The summed E-state index contributed by atoms with van der Waals surface area (Å²) in [5, 5.41) is 15.8. The maximum absolute atomic E-state index is 11.6. The highest BCUT2D eigenvalue weighted by Gasteiger charge is 2.14. The van der Waals surface area contributed by atoms with Crippen LogP contribution >= 0.6 is 0 Å². The van der Waals surface area contributed by atoms with Crippen LogP contribution < -0.4 is 16.9 Å². The van der Waals surface area contributed by atoms with Crippen molar-refractivity contribution in [3.05, 3.63) is 31.3 Å². The average Bonchev–Trinajstić information content (AvgIpc) is 2.27. The summed E-state index contributed by atoms with van der Waals surface area (Å²) in [6, 6.07) is 0. The van der Waals surface area contributed by atoms with Crippen molar-refractivity contribution in [1.82, 2.24) is 24.1 Å². The minimum Gasteiger partial charge on any atom is -0.423 e. The molecule has 9 nitrogen and oxygen atoms in total. The number of aromatic nitrogens is 5. The van der Waals surface area contributed by atoms with Crippen LogP contribution in [0.5, 0.6) is 0 Å². The standard InChI is InChI=1S/C7H7N5O4/c1-10-4-3(5(13)11(2)7(10)15)12(16)6(14)9-8-4/h16H,1-2H3. The Balaban J connectivity index is 3.29. The molecule has 2 heterocycles. The monoisotopic (exact) mass is 225 g/mol. The minimum atomic E-state index is -1.08. The SMILES string of the molecule is Cn1c(=O)c2c(nnc(=O)n2O)n(C)c1=O. The van der Waals surface area contributed by atoms with Crippen molar-refractivity contribution in [2.24, 2.45) is 14.1 Å². The van der Waals surface area contributed by atoms with E-state index in [1.165, 1.54) is 14.1 Å². The molecule has 2 aromatic heterocycles. The summed E-state index contributed by atoms with van der Waals surface area (Å²) in [4.78, 5) is 34.1. The van der Waals surface area contributed by atoms with Crippen molar-refractivity contribution < 1.29 is 5.21 Å². The fourth-order valence-electron chi connectivity index (χ4n) is 1.34. The number of rotatable bonds is 0. The van der Waals surface area contributed by atoms with Gasteiger partial charge >= 0.3 is 11.4 Å². The van der Waals surface area contributed by atoms with Gasteiger partial charge in [-0.3, -0.25) is 13.9 Å². The number of hydrogen-bond acceptors (Lipinski definition) is 6. The molecule has 0 atom stereocenters. The Labute approximate surface area is 86.8 Å². The molecule has 0 aromatic carbocycles. The summed E-state index contributed by atoms with van der Waals surface area (Å²) in [6.07, 6.45) is 0. The lowest BCUT2D eigenvalue weighted by molar-refractivity contribution is 0.180. The molecule has 1 N–H and O–H groups in total. The zero-order chi connectivity index (χ0) is 12.0. The van der Waals surface area contributed by atoms with Gasteiger partial charge in [-0.05, 0) is 0 Å². The zero-order valence-corrected chi connectivity index (χ0v) is 8.41. The predicted molar refractivity (Wildman–Crippen MR) is 51.5 cm³/mol. The minimum absolute atomic E-state index is 0.0735. The summed E-state index contributed by atoms with van der Waals surface area (Å²) in [7, 11) is 2.58. The van der Waals surface area contributed by atoms with Crippen molar-refractivity contribution >= 4 is 11.2 Å². The van der Waals surface area contributed by atoms with Gasteiger partial charge in [0.05, 0.1) is 0 Å². The molecule has 0 saturated heterocycles. The van der Waals surface area contributed by atoms with Gasteiger partial charge in [-0.1, -0.05) is 5.10 Å². The lowest BCUT2D eigenvalue weighted by atomic mass is 10.5. The molecule has 9 heteroatoms. The van der Waals surface area contributed by atoms with Crippen LogP contribution in [0.3, 0.4) is 0 Å².